The molecule has 188 valence electrons. The maximum absolute atomic E-state index is 11.2. The van der Waals surface area contributed by atoms with Crippen molar-refractivity contribution in [2.45, 2.75) is 124 Å². The Hall–Kier alpha value is -0.250. The first-order valence-electron chi connectivity index (χ1n) is 13.6. The van der Waals surface area contributed by atoms with Crippen molar-refractivity contribution in [3.8, 4) is 0 Å². The van der Waals surface area contributed by atoms with E-state index in [1.54, 1.807) is 11.1 Å². The normalized spacial score (nSPS) is 45.0. The number of hydrogen-bond donors (Lipinski definition) is 3. The van der Waals surface area contributed by atoms with Crippen LogP contribution < -0.4 is 0 Å². The number of fused-ring (bicyclic) bond motifs is 4. The Labute approximate surface area is 209 Å². The first-order valence-corrected chi connectivity index (χ1v) is 14.1. The zero-order valence-electron chi connectivity index (χ0n) is 22.4. The molecule has 1 unspecified atom stereocenters. The zero-order chi connectivity index (χ0) is 24.6. The summed E-state index contributed by atoms with van der Waals surface area (Å²) in [6.07, 6.45) is 9.62. The van der Waals surface area contributed by atoms with Gasteiger partial charge in [-0.1, -0.05) is 64.8 Å². The van der Waals surface area contributed by atoms with E-state index in [2.05, 4.69) is 60.8 Å². The highest BCUT2D eigenvalue weighted by molar-refractivity contribution is 7.81. The van der Waals surface area contributed by atoms with Crippen LogP contribution in [-0.2, 0) is 0 Å². The number of thiol groups is 1. The van der Waals surface area contributed by atoms with Gasteiger partial charge in [-0.2, -0.15) is 12.6 Å². The third kappa shape index (κ3) is 3.65. The van der Waals surface area contributed by atoms with Gasteiger partial charge in [0.15, 0.2) is 0 Å². The average molecular weight is 475 g/mol. The Morgan fingerprint density at radius 1 is 1.03 bits per heavy atom. The first kappa shape index (κ1) is 25.8. The molecule has 0 bridgehead atoms. The highest BCUT2D eigenvalue weighted by Gasteiger charge is 2.63. The molecule has 9 atom stereocenters. The van der Waals surface area contributed by atoms with Crippen LogP contribution in [0.1, 0.15) is 106 Å². The third-order valence-electron chi connectivity index (χ3n) is 12.1. The lowest BCUT2D eigenvalue weighted by atomic mass is 9.43. The monoisotopic (exact) mass is 474 g/mol. The van der Waals surface area contributed by atoms with Crippen molar-refractivity contribution in [3.63, 3.8) is 0 Å². The molecule has 0 aromatic carbocycles. The van der Waals surface area contributed by atoms with Gasteiger partial charge >= 0.3 is 0 Å². The predicted molar refractivity (Wildman–Crippen MR) is 142 cm³/mol. The molecule has 3 heteroatoms. The molecule has 0 aromatic rings. The molecular formula is C30H50O2S. The van der Waals surface area contributed by atoms with Gasteiger partial charge in [-0.05, 0) is 104 Å². The number of hydrogen-bond acceptors (Lipinski definition) is 3. The second-order valence-electron chi connectivity index (χ2n) is 13.8. The van der Waals surface area contributed by atoms with Crippen molar-refractivity contribution in [1.29, 1.82) is 0 Å². The summed E-state index contributed by atoms with van der Waals surface area (Å²) in [5, 5.41) is 22.1. The largest absolute Gasteiger partial charge is 0.393 e. The molecule has 0 saturated heterocycles. The summed E-state index contributed by atoms with van der Waals surface area (Å²) in [5.41, 5.74) is 5.31. The Morgan fingerprint density at radius 2 is 1.70 bits per heavy atom. The lowest BCUT2D eigenvalue weighted by molar-refractivity contribution is -0.0970. The van der Waals surface area contributed by atoms with Crippen LogP contribution in [0.5, 0.6) is 0 Å². The number of allylic oxidation sites excluding steroid dienone is 2. The molecule has 2 saturated carbocycles. The van der Waals surface area contributed by atoms with E-state index in [4.69, 9.17) is 0 Å². The molecule has 4 rings (SSSR count). The van der Waals surface area contributed by atoms with Crippen molar-refractivity contribution in [2.75, 3.05) is 0 Å². The van der Waals surface area contributed by atoms with Crippen molar-refractivity contribution >= 4 is 12.6 Å². The Bertz CT molecular complexity index is 829. The topological polar surface area (TPSA) is 40.5 Å². The van der Waals surface area contributed by atoms with E-state index < -0.39 is 0 Å². The van der Waals surface area contributed by atoms with Crippen molar-refractivity contribution in [1.82, 2.24) is 0 Å². The molecule has 4 aliphatic rings. The second-order valence-corrected chi connectivity index (χ2v) is 14.4. The van der Waals surface area contributed by atoms with Gasteiger partial charge in [-0.15, -0.1) is 0 Å². The average Bonchev–Trinajstić information content (AvgIpc) is 3.02. The van der Waals surface area contributed by atoms with Crippen LogP contribution in [0.3, 0.4) is 0 Å². The third-order valence-corrected chi connectivity index (χ3v) is 12.7. The van der Waals surface area contributed by atoms with Crippen LogP contribution in [0.4, 0.5) is 0 Å². The fraction of sp³-hybridized carbons (Fsp3) is 0.867. The number of rotatable bonds is 5. The van der Waals surface area contributed by atoms with Crippen LogP contribution in [0, 0.1) is 39.4 Å². The minimum Gasteiger partial charge on any atom is -0.393 e. The highest BCUT2D eigenvalue weighted by atomic mass is 32.1. The van der Waals surface area contributed by atoms with E-state index in [9.17, 15) is 10.2 Å². The molecule has 0 heterocycles. The fourth-order valence-electron chi connectivity index (χ4n) is 9.47. The van der Waals surface area contributed by atoms with Crippen LogP contribution >= 0.6 is 12.6 Å². The van der Waals surface area contributed by atoms with Crippen LogP contribution in [0.25, 0.3) is 0 Å². The molecule has 0 radical (unpaired) electrons. The number of aliphatic hydroxyl groups excluding tert-OH is 2. The minimum absolute atomic E-state index is 0.00327. The smallest absolute Gasteiger partial charge is 0.0594 e. The molecule has 2 fully saturated rings. The molecule has 33 heavy (non-hydrogen) atoms. The van der Waals surface area contributed by atoms with Crippen molar-refractivity contribution < 1.29 is 10.2 Å². The maximum atomic E-state index is 11.2. The lowest BCUT2D eigenvalue weighted by Crippen LogP contribution is -2.55. The van der Waals surface area contributed by atoms with Crippen LogP contribution in [-0.4, -0.2) is 27.7 Å². The minimum atomic E-state index is -0.322. The zero-order valence-corrected chi connectivity index (χ0v) is 23.3. The summed E-state index contributed by atoms with van der Waals surface area (Å²) < 4.78 is 0. The molecule has 0 spiro atoms. The van der Waals surface area contributed by atoms with E-state index in [1.807, 2.05) is 6.92 Å². The quantitative estimate of drug-likeness (QED) is 0.288. The van der Waals surface area contributed by atoms with E-state index in [1.165, 1.54) is 38.5 Å². The Kier molecular flexibility index (Phi) is 6.58. The van der Waals surface area contributed by atoms with E-state index in [0.29, 0.717) is 18.3 Å². The first-order chi connectivity index (χ1) is 15.2. The molecular weight excluding hydrogens is 424 g/mol. The molecule has 2 N–H and O–H groups in total. The molecule has 4 aliphatic carbocycles. The van der Waals surface area contributed by atoms with Crippen LogP contribution in [0.2, 0.25) is 0 Å². The van der Waals surface area contributed by atoms with Gasteiger partial charge in [0.2, 0.25) is 0 Å². The number of aliphatic hydroxyl groups is 2. The van der Waals surface area contributed by atoms with Gasteiger partial charge in [-0.3, -0.25) is 0 Å². The van der Waals surface area contributed by atoms with E-state index in [-0.39, 0.29) is 45.0 Å². The van der Waals surface area contributed by atoms with Crippen molar-refractivity contribution in [3.05, 3.63) is 23.3 Å². The van der Waals surface area contributed by atoms with Gasteiger partial charge in [0.05, 0.1) is 12.2 Å². The summed E-state index contributed by atoms with van der Waals surface area (Å²) in [4.78, 5) is 0. The fourth-order valence-corrected chi connectivity index (χ4v) is 9.69. The summed E-state index contributed by atoms with van der Waals surface area (Å²) in [7, 11) is 0. The second kappa shape index (κ2) is 8.41. The molecule has 0 aliphatic heterocycles. The summed E-state index contributed by atoms with van der Waals surface area (Å²) >= 11 is 4.68. The van der Waals surface area contributed by atoms with Gasteiger partial charge in [0.1, 0.15) is 0 Å². The van der Waals surface area contributed by atoms with Gasteiger partial charge in [0, 0.05) is 5.25 Å². The van der Waals surface area contributed by atoms with Crippen molar-refractivity contribution in [2.24, 2.45) is 39.4 Å². The standard InChI is InChI=1S/C30H50O2S/c1-18(2)24(33)17-23(31)19(3)20-11-15-30(8)22-9-10-25-27(4,5)26(32)13-14-28(25,6)21(22)12-16-29(20,30)7/h19-20,23-26,31-33H,1,9-17H2,2-8H3/t19-,20+,23+,24-,25?,26-,28+,29+,30-/m0/s1. The van der Waals surface area contributed by atoms with Gasteiger partial charge in [0.25, 0.3) is 0 Å². The lowest BCUT2D eigenvalue weighted by Gasteiger charge is -2.62. The molecule has 0 amide bonds. The van der Waals surface area contributed by atoms with Gasteiger partial charge in [-0.25, -0.2) is 0 Å². The summed E-state index contributed by atoms with van der Waals surface area (Å²) in [6, 6.07) is 0. The maximum Gasteiger partial charge on any atom is 0.0594 e. The Balaban J connectivity index is 1.65. The van der Waals surface area contributed by atoms with E-state index >= 15 is 0 Å². The Morgan fingerprint density at radius 3 is 2.33 bits per heavy atom. The highest BCUT2D eigenvalue weighted by Crippen LogP contribution is 2.72. The van der Waals surface area contributed by atoms with Gasteiger partial charge < -0.3 is 10.2 Å². The van der Waals surface area contributed by atoms with Crippen LogP contribution in [0.15, 0.2) is 23.3 Å². The summed E-state index contributed by atoms with van der Waals surface area (Å²) in [5.74, 6) is 1.41. The van der Waals surface area contributed by atoms with E-state index in [0.717, 1.165) is 18.4 Å². The summed E-state index contributed by atoms with van der Waals surface area (Å²) in [6.45, 7) is 20.6. The predicted octanol–water partition coefficient (Wildman–Crippen LogP) is 7.36. The SMILES string of the molecule is C=C(C)[C@@H](S)C[C@@H](O)[C@@H](C)[C@H]1CC[C@@]2(C)C3=C(CC[C@]12C)[C@@]1(C)CC[C@H](O)C(C)(C)C1CC3. The molecule has 2 nitrogen and oxygen atoms in total. The molecule has 0 aromatic heterocycles.